The summed E-state index contributed by atoms with van der Waals surface area (Å²) in [7, 11) is 0. The molecule has 0 unspecified atom stereocenters. The normalized spacial score (nSPS) is 16.4. The number of hydrogen-bond acceptors (Lipinski definition) is 14. The summed E-state index contributed by atoms with van der Waals surface area (Å²) < 4.78 is 31.7. The second-order valence-corrected chi connectivity index (χ2v) is 8.51. The third kappa shape index (κ3) is 9.07. The van der Waals surface area contributed by atoms with Gasteiger partial charge in [0.15, 0.2) is 18.3 Å². The fourth-order valence-electron chi connectivity index (χ4n) is 3.84. The first kappa shape index (κ1) is 33.3. The molecule has 4 atom stereocenters. The number of amides is 2. The molecule has 16 nitrogen and oxygen atoms in total. The van der Waals surface area contributed by atoms with Crippen LogP contribution >= 0.6 is 0 Å². The van der Waals surface area contributed by atoms with Gasteiger partial charge in [0.25, 0.3) is 0 Å². The summed E-state index contributed by atoms with van der Waals surface area (Å²) in [6, 6.07) is 6.69. The number of nitrogens with zero attached hydrogens (tertiary/aromatic N) is 4. The molecule has 0 aromatic heterocycles. The van der Waals surface area contributed by atoms with Gasteiger partial charge in [-0.25, -0.2) is 9.59 Å². The summed E-state index contributed by atoms with van der Waals surface area (Å²) in [5.41, 5.74) is 0.322. The number of para-hydroxylation sites is 1. The Labute approximate surface area is 241 Å². The van der Waals surface area contributed by atoms with Gasteiger partial charge in [0.05, 0.1) is 25.1 Å². The number of hydrazone groups is 1. The van der Waals surface area contributed by atoms with E-state index in [4.69, 9.17) is 28.4 Å². The number of rotatable bonds is 11. The molecular formula is C26H34N4O12. The van der Waals surface area contributed by atoms with E-state index >= 15 is 0 Å². The number of hydrazine groups is 2. The van der Waals surface area contributed by atoms with Crippen LogP contribution in [0.25, 0.3) is 0 Å². The lowest BCUT2D eigenvalue weighted by Crippen LogP contribution is -2.69. The molecule has 0 saturated heterocycles. The van der Waals surface area contributed by atoms with Crippen LogP contribution in [0.2, 0.25) is 0 Å². The fourth-order valence-corrected chi connectivity index (χ4v) is 3.84. The van der Waals surface area contributed by atoms with Gasteiger partial charge in [0.2, 0.25) is 0 Å². The second kappa shape index (κ2) is 15.8. The van der Waals surface area contributed by atoms with Crippen LogP contribution < -0.4 is 5.12 Å². The van der Waals surface area contributed by atoms with Crippen molar-refractivity contribution in [1.82, 2.24) is 10.1 Å². The van der Waals surface area contributed by atoms with Crippen LogP contribution in [0, 0.1) is 0 Å². The SMILES string of the molecule is CCOC(=O)N1[C@H]([C@@H](OC(C)=O)[C@H](OC(C)=O)[C@@H](COC(C)=O)OC(C)=O)C=NN(c2ccccc2)N1C(=O)OCC. The highest BCUT2D eigenvalue weighted by Gasteiger charge is 2.51. The van der Waals surface area contributed by atoms with Gasteiger partial charge in [0.1, 0.15) is 12.6 Å². The summed E-state index contributed by atoms with van der Waals surface area (Å²) in [6.45, 7) is 6.45. The van der Waals surface area contributed by atoms with Gasteiger partial charge < -0.3 is 28.4 Å². The van der Waals surface area contributed by atoms with E-state index < -0.39 is 67.0 Å². The minimum absolute atomic E-state index is 0.0939. The lowest BCUT2D eigenvalue weighted by molar-refractivity contribution is -0.195. The first-order chi connectivity index (χ1) is 19.9. The van der Waals surface area contributed by atoms with E-state index in [0.717, 1.165) is 49.2 Å². The van der Waals surface area contributed by atoms with Crippen molar-refractivity contribution in [2.24, 2.45) is 5.10 Å². The molecule has 0 aliphatic carbocycles. The van der Waals surface area contributed by atoms with Crippen LogP contribution in [0.1, 0.15) is 41.5 Å². The number of benzene rings is 1. The standard InChI is InChI=1S/C26H34N4O12/c1-7-37-25(35)28-21(14-27-29(20-12-10-9-11-13-20)30(28)26(36)38-8-2)23(41-18(5)33)24(42-19(6)34)22(40-17(4)32)15-39-16(3)31/h9-14,21-24H,7-8,15H2,1-6H3/t21-,22+,23+,24+/m0/s1. The number of ether oxygens (including phenoxy) is 6. The number of hydrogen-bond donors (Lipinski definition) is 0. The minimum Gasteiger partial charge on any atom is -0.462 e. The molecule has 0 N–H and O–H groups in total. The predicted molar refractivity (Wildman–Crippen MR) is 142 cm³/mol. The van der Waals surface area contributed by atoms with Crippen LogP contribution in [0.3, 0.4) is 0 Å². The van der Waals surface area contributed by atoms with Crippen molar-refractivity contribution in [3.8, 4) is 0 Å². The molecule has 0 radical (unpaired) electrons. The topological polar surface area (TPSA) is 180 Å². The van der Waals surface area contributed by atoms with E-state index in [-0.39, 0.29) is 13.2 Å². The molecule has 16 heteroatoms. The average Bonchev–Trinajstić information content (AvgIpc) is 2.92. The smallest absolute Gasteiger partial charge is 0.450 e. The zero-order chi connectivity index (χ0) is 31.4. The highest BCUT2D eigenvalue weighted by atomic mass is 16.6. The Hall–Kier alpha value is -4.89. The molecule has 0 saturated carbocycles. The summed E-state index contributed by atoms with van der Waals surface area (Å²) >= 11 is 0. The highest BCUT2D eigenvalue weighted by molar-refractivity contribution is 5.83. The maximum atomic E-state index is 13.5. The molecule has 2 amide bonds. The Balaban J connectivity index is 2.80. The molecule has 1 heterocycles. The third-order valence-corrected chi connectivity index (χ3v) is 5.27. The lowest BCUT2D eigenvalue weighted by Gasteiger charge is -2.46. The summed E-state index contributed by atoms with van der Waals surface area (Å²) in [5, 5.41) is 6.81. The van der Waals surface area contributed by atoms with E-state index in [1.54, 1.807) is 37.3 Å². The molecule has 0 bridgehead atoms. The lowest BCUT2D eigenvalue weighted by atomic mass is 10.00. The number of anilines is 1. The fraction of sp³-hybridized carbons (Fsp3) is 0.500. The van der Waals surface area contributed by atoms with Crippen LogP contribution in [0.4, 0.5) is 15.3 Å². The van der Waals surface area contributed by atoms with Crippen molar-refractivity contribution in [2.75, 3.05) is 24.9 Å². The Morgan fingerprint density at radius 3 is 1.86 bits per heavy atom. The minimum atomic E-state index is -1.70. The first-order valence-electron chi connectivity index (χ1n) is 12.9. The number of esters is 4. The predicted octanol–water partition coefficient (Wildman–Crippen LogP) is 1.97. The van der Waals surface area contributed by atoms with Crippen LogP contribution in [-0.4, -0.2) is 96.6 Å². The molecule has 0 fully saturated rings. The van der Waals surface area contributed by atoms with Gasteiger partial charge in [-0.3, -0.25) is 19.2 Å². The van der Waals surface area contributed by atoms with Crippen LogP contribution in [0.5, 0.6) is 0 Å². The van der Waals surface area contributed by atoms with Crippen molar-refractivity contribution in [1.29, 1.82) is 0 Å². The molecule has 2 rings (SSSR count). The Bertz CT molecular complexity index is 1160. The van der Waals surface area contributed by atoms with Gasteiger partial charge in [-0.05, 0) is 26.0 Å². The average molecular weight is 595 g/mol. The summed E-state index contributed by atoms with van der Waals surface area (Å²) in [6.07, 6.45) is -5.95. The first-order valence-corrected chi connectivity index (χ1v) is 12.9. The van der Waals surface area contributed by atoms with Gasteiger partial charge >= 0.3 is 36.1 Å². The zero-order valence-corrected chi connectivity index (χ0v) is 24.1. The maximum absolute atomic E-state index is 13.5. The number of carbonyl (C=O) groups excluding carboxylic acids is 6. The Morgan fingerprint density at radius 2 is 1.33 bits per heavy atom. The van der Waals surface area contributed by atoms with Crippen LogP contribution in [-0.2, 0) is 47.6 Å². The monoisotopic (exact) mass is 594 g/mol. The maximum Gasteiger partial charge on any atom is 0.450 e. The van der Waals surface area contributed by atoms with Crippen molar-refractivity contribution >= 4 is 48.0 Å². The van der Waals surface area contributed by atoms with Crippen LogP contribution in [0.15, 0.2) is 35.4 Å². The van der Waals surface area contributed by atoms with Gasteiger partial charge in [-0.2, -0.15) is 10.1 Å². The third-order valence-electron chi connectivity index (χ3n) is 5.27. The van der Waals surface area contributed by atoms with Gasteiger partial charge in [-0.15, -0.1) is 5.12 Å². The van der Waals surface area contributed by atoms with E-state index in [9.17, 15) is 28.8 Å². The van der Waals surface area contributed by atoms with E-state index in [1.165, 1.54) is 6.92 Å². The molecule has 1 aliphatic rings. The quantitative estimate of drug-likeness (QED) is 0.268. The van der Waals surface area contributed by atoms with E-state index in [2.05, 4.69) is 5.10 Å². The number of carbonyl (C=O) groups is 6. The zero-order valence-electron chi connectivity index (χ0n) is 24.1. The highest BCUT2D eigenvalue weighted by Crippen LogP contribution is 2.29. The molecule has 1 aromatic carbocycles. The largest absolute Gasteiger partial charge is 0.462 e. The molecule has 1 aliphatic heterocycles. The van der Waals surface area contributed by atoms with E-state index in [0.29, 0.717) is 5.69 Å². The van der Waals surface area contributed by atoms with Crippen molar-refractivity contribution in [2.45, 2.75) is 65.9 Å². The second-order valence-electron chi connectivity index (χ2n) is 8.51. The molecule has 0 spiro atoms. The molecule has 1 aromatic rings. The van der Waals surface area contributed by atoms with Gasteiger partial charge in [0, 0.05) is 27.7 Å². The van der Waals surface area contributed by atoms with Crippen molar-refractivity contribution < 1.29 is 57.2 Å². The van der Waals surface area contributed by atoms with Crippen molar-refractivity contribution in [3.05, 3.63) is 30.3 Å². The summed E-state index contributed by atoms with van der Waals surface area (Å²) in [5.74, 6) is -3.41. The van der Waals surface area contributed by atoms with E-state index in [1.807, 2.05) is 0 Å². The Morgan fingerprint density at radius 1 is 0.762 bits per heavy atom. The molecule has 230 valence electrons. The molecular weight excluding hydrogens is 560 g/mol. The van der Waals surface area contributed by atoms with Gasteiger partial charge in [-0.1, -0.05) is 23.3 Å². The Kier molecular flexibility index (Phi) is 12.5. The van der Waals surface area contributed by atoms with Crippen molar-refractivity contribution in [3.63, 3.8) is 0 Å². The summed E-state index contributed by atoms with van der Waals surface area (Å²) in [4.78, 5) is 74.9. The molecule has 42 heavy (non-hydrogen) atoms.